The Labute approximate surface area is 300 Å². The van der Waals surface area contributed by atoms with E-state index in [4.69, 9.17) is 9.47 Å². The first-order chi connectivity index (χ1) is 24.3. The van der Waals surface area contributed by atoms with Crippen molar-refractivity contribution in [1.29, 1.82) is 0 Å². The first-order valence-electron chi connectivity index (χ1n) is 18.0. The maximum absolute atomic E-state index is 13.0. The second-order valence-electron chi connectivity index (χ2n) is 15.3. The van der Waals surface area contributed by atoms with Gasteiger partial charge < -0.3 is 25.0 Å². The first-order valence-corrected chi connectivity index (χ1v) is 18.0. The summed E-state index contributed by atoms with van der Waals surface area (Å²) in [6.45, 7) is 13.9. The highest BCUT2D eigenvalue weighted by atomic mass is 16.5. The molecule has 13 nitrogen and oxygen atoms in total. The minimum atomic E-state index is -0.825. The lowest BCUT2D eigenvalue weighted by Crippen LogP contribution is -2.63. The van der Waals surface area contributed by atoms with Gasteiger partial charge in [0.05, 0.1) is 25.7 Å². The van der Waals surface area contributed by atoms with Crippen LogP contribution >= 0.6 is 0 Å². The summed E-state index contributed by atoms with van der Waals surface area (Å²) in [5.74, 6) is -0.564. The van der Waals surface area contributed by atoms with E-state index in [0.717, 1.165) is 64.2 Å². The highest BCUT2D eigenvalue weighted by Crippen LogP contribution is 2.53. The number of unbranched alkanes of at least 4 members (excludes halogenated alkanes) is 2. The summed E-state index contributed by atoms with van der Waals surface area (Å²) >= 11 is 0. The largest absolute Gasteiger partial charge is 0.494 e. The van der Waals surface area contributed by atoms with Gasteiger partial charge in [-0.3, -0.25) is 34.2 Å². The summed E-state index contributed by atoms with van der Waals surface area (Å²) in [5, 5.41) is 8.12. The lowest BCUT2D eigenvalue weighted by atomic mass is 9.52. The molecule has 1 saturated carbocycles. The van der Waals surface area contributed by atoms with Gasteiger partial charge in [-0.25, -0.2) is 4.98 Å². The molecule has 0 bridgehead atoms. The summed E-state index contributed by atoms with van der Waals surface area (Å²) in [7, 11) is 1.28. The van der Waals surface area contributed by atoms with Gasteiger partial charge >= 0.3 is 5.97 Å². The number of carbonyl (C=O) groups is 5. The summed E-state index contributed by atoms with van der Waals surface area (Å²) in [4.78, 5) is 70.9. The SMILES string of the molecule is COC(=O)Cc1cc(OCCCCCN2CCN(c3ccc(C(=O)NC4C(C)(C)CC4(C)C)cn3)CC2)ccc1C(=O)NC1CCC(=O)NC1=O. The van der Waals surface area contributed by atoms with Crippen LogP contribution in [0.2, 0.25) is 0 Å². The number of nitrogens with one attached hydrogen (secondary N) is 3. The highest BCUT2D eigenvalue weighted by molar-refractivity contribution is 6.04. The lowest BCUT2D eigenvalue weighted by Gasteiger charge is -2.57. The highest BCUT2D eigenvalue weighted by Gasteiger charge is 2.53. The van der Waals surface area contributed by atoms with Gasteiger partial charge in [-0.1, -0.05) is 27.7 Å². The van der Waals surface area contributed by atoms with Gasteiger partial charge in [-0.15, -0.1) is 0 Å². The molecule has 1 aliphatic carbocycles. The number of esters is 1. The van der Waals surface area contributed by atoms with E-state index in [1.165, 1.54) is 7.11 Å². The number of methoxy groups -OCH3 is 1. The molecule has 2 saturated heterocycles. The number of benzene rings is 1. The number of nitrogens with zero attached hydrogens (tertiary/aromatic N) is 3. The molecule has 276 valence electrons. The van der Waals surface area contributed by atoms with Crippen LogP contribution in [-0.4, -0.2) is 98.0 Å². The van der Waals surface area contributed by atoms with Gasteiger partial charge in [0, 0.05) is 50.4 Å². The van der Waals surface area contributed by atoms with Crippen LogP contribution in [0.25, 0.3) is 0 Å². The lowest BCUT2D eigenvalue weighted by molar-refractivity contribution is -0.140. The van der Waals surface area contributed by atoms with E-state index in [1.54, 1.807) is 24.4 Å². The minimum absolute atomic E-state index is 0.0654. The van der Waals surface area contributed by atoms with Crippen molar-refractivity contribution < 1.29 is 33.4 Å². The number of amides is 4. The van der Waals surface area contributed by atoms with E-state index in [2.05, 4.69) is 58.4 Å². The van der Waals surface area contributed by atoms with E-state index < -0.39 is 23.8 Å². The topological polar surface area (TPSA) is 159 Å². The van der Waals surface area contributed by atoms with E-state index in [0.29, 0.717) is 23.5 Å². The number of hydrogen-bond donors (Lipinski definition) is 3. The molecule has 3 fully saturated rings. The molecule has 4 amide bonds. The molecule has 1 aromatic carbocycles. The number of piperidine rings is 1. The molecule has 5 rings (SSSR count). The van der Waals surface area contributed by atoms with Gasteiger partial charge in [0.2, 0.25) is 11.8 Å². The Morgan fingerprint density at radius 2 is 1.69 bits per heavy atom. The maximum Gasteiger partial charge on any atom is 0.310 e. The number of rotatable bonds is 14. The Morgan fingerprint density at radius 3 is 2.33 bits per heavy atom. The van der Waals surface area contributed by atoms with Crippen LogP contribution in [-0.2, 0) is 25.5 Å². The number of aromatic nitrogens is 1. The van der Waals surface area contributed by atoms with Crippen molar-refractivity contribution in [3.63, 3.8) is 0 Å². The summed E-state index contributed by atoms with van der Waals surface area (Å²) < 4.78 is 10.8. The third-order valence-corrected chi connectivity index (χ3v) is 10.3. The maximum atomic E-state index is 13.0. The molecule has 1 atom stereocenters. The number of pyridine rings is 1. The fourth-order valence-corrected chi connectivity index (χ4v) is 7.95. The van der Waals surface area contributed by atoms with Gasteiger partial charge in [-0.2, -0.15) is 0 Å². The zero-order valence-electron chi connectivity index (χ0n) is 30.5. The molecule has 0 spiro atoms. The van der Waals surface area contributed by atoms with E-state index >= 15 is 0 Å². The number of carbonyl (C=O) groups excluding carboxylic acids is 5. The molecule has 1 aromatic heterocycles. The van der Waals surface area contributed by atoms with Crippen molar-refractivity contribution in [3.05, 3.63) is 53.2 Å². The van der Waals surface area contributed by atoms with Gasteiger partial charge in [0.15, 0.2) is 0 Å². The Hall–Kier alpha value is -4.52. The number of imide groups is 1. The Morgan fingerprint density at radius 1 is 0.941 bits per heavy atom. The average Bonchev–Trinajstić information content (AvgIpc) is 3.09. The Balaban J connectivity index is 1.01. The van der Waals surface area contributed by atoms with Crippen molar-refractivity contribution in [3.8, 4) is 5.75 Å². The number of piperazine rings is 1. The predicted molar refractivity (Wildman–Crippen MR) is 191 cm³/mol. The number of hydrogen-bond acceptors (Lipinski definition) is 10. The average molecular weight is 705 g/mol. The summed E-state index contributed by atoms with van der Waals surface area (Å²) in [6.07, 6.45) is 5.87. The Kier molecular flexibility index (Phi) is 12.0. The monoisotopic (exact) mass is 704 g/mol. The van der Waals surface area contributed by atoms with Crippen molar-refractivity contribution in [2.45, 2.75) is 84.7 Å². The Bertz CT molecular complexity index is 1590. The fourth-order valence-electron chi connectivity index (χ4n) is 7.95. The van der Waals surface area contributed by atoms with E-state index in [-0.39, 0.29) is 53.5 Å². The van der Waals surface area contributed by atoms with Crippen LogP contribution in [0.3, 0.4) is 0 Å². The molecule has 0 radical (unpaired) electrons. The molecule has 3 aliphatic rings. The van der Waals surface area contributed by atoms with Crippen LogP contribution in [0.15, 0.2) is 36.5 Å². The smallest absolute Gasteiger partial charge is 0.310 e. The van der Waals surface area contributed by atoms with E-state index in [9.17, 15) is 24.0 Å². The van der Waals surface area contributed by atoms with Crippen LogP contribution in [0.4, 0.5) is 5.82 Å². The van der Waals surface area contributed by atoms with Crippen molar-refractivity contribution >= 4 is 35.4 Å². The van der Waals surface area contributed by atoms with Crippen LogP contribution in [0.5, 0.6) is 5.75 Å². The second-order valence-corrected chi connectivity index (χ2v) is 15.3. The summed E-state index contributed by atoms with van der Waals surface area (Å²) in [5.41, 5.74) is 1.45. The standard InChI is InChI=1S/C38H52N6O7/c1-37(2)24-38(3,4)36(37)42-33(47)25-9-13-30(39-23-25)44-18-16-43(17-19-44)15-7-6-8-20-51-27-10-11-28(26(21-27)22-32(46)50-5)34(48)40-29-12-14-31(45)41-35(29)49/h9-11,13,21,23,29,36H,6-8,12,14-20,22,24H2,1-5H3,(H,40,48)(H,42,47)(H,41,45,49). The second kappa shape index (κ2) is 16.2. The molecule has 3 heterocycles. The molecule has 2 aliphatic heterocycles. The van der Waals surface area contributed by atoms with Crippen molar-refractivity contribution in [2.75, 3.05) is 51.3 Å². The van der Waals surface area contributed by atoms with Crippen molar-refractivity contribution in [1.82, 2.24) is 25.8 Å². The minimum Gasteiger partial charge on any atom is -0.494 e. The molecular weight excluding hydrogens is 652 g/mol. The zero-order valence-corrected chi connectivity index (χ0v) is 30.5. The fraction of sp³-hybridized carbons (Fsp3) is 0.579. The molecule has 2 aromatic rings. The van der Waals surface area contributed by atoms with Crippen LogP contribution in [0, 0.1) is 10.8 Å². The van der Waals surface area contributed by atoms with Gasteiger partial charge in [0.25, 0.3) is 11.8 Å². The van der Waals surface area contributed by atoms with Crippen LogP contribution < -0.4 is 25.6 Å². The van der Waals surface area contributed by atoms with Gasteiger partial charge in [-0.05, 0) is 85.4 Å². The zero-order chi connectivity index (χ0) is 36.8. The molecule has 13 heteroatoms. The van der Waals surface area contributed by atoms with E-state index in [1.807, 2.05) is 12.1 Å². The number of anilines is 1. The van der Waals surface area contributed by atoms with Crippen molar-refractivity contribution in [2.24, 2.45) is 10.8 Å². The normalized spacial score (nSPS) is 20.2. The third-order valence-electron chi connectivity index (χ3n) is 10.3. The summed E-state index contributed by atoms with van der Waals surface area (Å²) in [6, 6.07) is 8.04. The van der Waals surface area contributed by atoms with Gasteiger partial charge in [0.1, 0.15) is 17.6 Å². The molecule has 51 heavy (non-hydrogen) atoms. The first kappa shape index (κ1) is 37.7. The molecular formula is C38H52N6O7. The van der Waals surface area contributed by atoms with Crippen LogP contribution in [0.1, 0.15) is 92.5 Å². The predicted octanol–water partition coefficient (Wildman–Crippen LogP) is 3.26. The quantitative estimate of drug-likeness (QED) is 0.151. The third kappa shape index (κ3) is 9.63. The molecule has 3 N–H and O–H groups in total. The molecule has 1 unspecified atom stereocenters. The number of ether oxygens (including phenoxy) is 2.